The first kappa shape index (κ1) is 12.1. The summed E-state index contributed by atoms with van der Waals surface area (Å²) in [5, 5.41) is 2.31. The smallest absolute Gasteiger partial charge is 0.243 e. The number of fused-ring (bicyclic) bond motifs is 1. The van der Waals surface area contributed by atoms with Crippen LogP contribution >= 0.6 is 0 Å². The van der Waals surface area contributed by atoms with Crippen LogP contribution in [0, 0.1) is 0 Å². The number of nitrogens with one attached hydrogen (secondary N) is 1. The number of aromatic nitrogens is 1. The van der Waals surface area contributed by atoms with Gasteiger partial charge in [-0.2, -0.15) is 0 Å². The summed E-state index contributed by atoms with van der Waals surface area (Å²) in [6.45, 7) is 0. The fourth-order valence-corrected chi connectivity index (χ4v) is 2.51. The molecule has 1 aliphatic rings. The molecule has 1 N–H and O–H groups in total. The Labute approximate surface area is 122 Å². The van der Waals surface area contributed by atoms with E-state index in [1.54, 1.807) is 12.4 Å². The highest BCUT2D eigenvalue weighted by molar-refractivity contribution is 6.07. The molecule has 0 amide bonds. The lowest BCUT2D eigenvalue weighted by atomic mass is 10.0. The minimum absolute atomic E-state index is 0.193. The number of aliphatic imine (C=N–C) groups is 1. The van der Waals surface area contributed by atoms with Crippen molar-refractivity contribution in [2.45, 2.75) is 6.17 Å². The van der Waals surface area contributed by atoms with Crippen LogP contribution in [0.15, 0.2) is 72.0 Å². The molecule has 0 radical (unpaired) electrons. The van der Waals surface area contributed by atoms with Gasteiger partial charge in [0.2, 0.25) is 5.90 Å². The molecule has 4 rings (SSSR count). The SMILES string of the molecule is c1ccc2c(C3=NC(c4ccncc4)NO3)cccc2c1. The van der Waals surface area contributed by atoms with Crippen molar-refractivity contribution in [3.05, 3.63) is 78.1 Å². The van der Waals surface area contributed by atoms with Gasteiger partial charge in [-0.1, -0.05) is 36.4 Å². The van der Waals surface area contributed by atoms with Crippen LogP contribution in [0.25, 0.3) is 10.8 Å². The molecule has 0 saturated heterocycles. The van der Waals surface area contributed by atoms with Crippen molar-refractivity contribution in [1.29, 1.82) is 0 Å². The molecule has 3 aromatic rings. The third-order valence-electron chi connectivity index (χ3n) is 3.56. The highest BCUT2D eigenvalue weighted by Crippen LogP contribution is 2.25. The lowest BCUT2D eigenvalue weighted by Crippen LogP contribution is -2.14. The van der Waals surface area contributed by atoms with Crippen molar-refractivity contribution in [3.63, 3.8) is 0 Å². The standard InChI is InChI=1S/C17H13N3O/c1-2-6-14-12(4-1)5-3-7-15(14)17-19-16(20-21-17)13-8-10-18-11-9-13/h1-11,16,20H. The van der Waals surface area contributed by atoms with Crippen LogP contribution in [-0.4, -0.2) is 10.9 Å². The zero-order valence-corrected chi connectivity index (χ0v) is 11.2. The Morgan fingerprint density at radius 2 is 1.71 bits per heavy atom. The van der Waals surface area contributed by atoms with Gasteiger partial charge in [0, 0.05) is 18.0 Å². The first-order valence-corrected chi connectivity index (χ1v) is 6.80. The van der Waals surface area contributed by atoms with Crippen LogP contribution in [0.2, 0.25) is 0 Å². The monoisotopic (exact) mass is 275 g/mol. The molecule has 1 aromatic heterocycles. The second kappa shape index (κ2) is 5.00. The second-order valence-corrected chi connectivity index (χ2v) is 4.86. The quantitative estimate of drug-likeness (QED) is 0.781. The lowest BCUT2D eigenvalue weighted by Gasteiger charge is -2.05. The zero-order chi connectivity index (χ0) is 14.1. The topological polar surface area (TPSA) is 46.5 Å². The van der Waals surface area contributed by atoms with Gasteiger partial charge in [0.25, 0.3) is 0 Å². The minimum Gasteiger partial charge on any atom is -0.386 e. The summed E-state index contributed by atoms with van der Waals surface area (Å²) in [5.41, 5.74) is 4.98. The summed E-state index contributed by atoms with van der Waals surface area (Å²) in [7, 11) is 0. The molecule has 0 spiro atoms. The Hall–Kier alpha value is -2.72. The van der Waals surface area contributed by atoms with E-state index >= 15 is 0 Å². The Morgan fingerprint density at radius 3 is 2.62 bits per heavy atom. The number of rotatable bonds is 2. The molecule has 2 heterocycles. The molecular formula is C17H13N3O. The predicted octanol–water partition coefficient (Wildman–Crippen LogP) is 3.22. The summed E-state index contributed by atoms with van der Waals surface area (Å²) in [4.78, 5) is 14.2. The van der Waals surface area contributed by atoms with Crippen molar-refractivity contribution in [3.8, 4) is 0 Å². The predicted molar refractivity (Wildman–Crippen MR) is 81.7 cm³/mol. The van der Waals surface area contributed by atoms with Crippen LogP contribution in [0.1, 0.15) is 17.3 Å². The highest BCUT2D eigenvalue weighted by atomic mass is 16.7. The first-order chi connectivity index (χ1) is 10.4. The van der Waals surface area contributed by atoms with Gasteiger partial charge in [-0.15, -0.1) is 5.48 Å². The van der Waals surface area contributed by atoms with Gasteiger partial charge in [0.15, 0.2) is 6.17 Å². The van der Waals surface area contributed by atoms with Gasteiger partial charge in [-0.05, 0) is 34.5 Å². The Kier molecular flexibility index (Phi) is 2.87. The van der Waals surface area contributed by atoms with Gasteiger partial charge in [0.1, 0.15) is 0 Å². The molecule has 0 bridgehead atoms. The van der Waals surface area contributed by atoms with E-state index in [9.17, 15) is 0 Å². The van der Waals surface area contributed by atoms with Crippen LogP contribution < -0.4 is 5.48 Å². The number of benzene rings is 2. The van der Waals surface area contributed by atoms with Gasteiger partial charge in [0.05, 0.1) is 0 Å². The molecular weight excluding hydrogens is 262 g/mol. The maximum Gasteiger partial charge on any atom is 0.243 e. The molecule has 0 aliphatic carbocycles. The molecule has 4 nitrogen and oxygen atoms in total. The average Bonchev–Trinajstić information content (AvgIpc) is 3.05. The zero-order valence-electron chi connectivity index (χ0n) is 11.2. The molecule has 1 aliphatic heterocycles. The van der Waals surface area contributed by atoms with Gasteiger partial charge >= 0.3 is 0 Å². The molecule has 0 saturated carbocycles. The summed E-state index contributed by atoms with van der Waals surface area (Å²) in [6.07, 6.45) is 3.31. The minimum atomic E-state index is -0.193. The van der Waals surface area contributed by atoms with Crippen LogP contribution in [-0.2, 0) is 4.84 Å². The molecule has 102 valence electrons. The summed E-state index contributed by atoms with van der Waals surface area (Å²) < 4.78 is 0. The van der Waals surface area contributed by atoms with Crippen molar-refractivity contribution in [2.24, 2.45) is 4.99 Å². The average molecular weight is 275 g/mol. The number of hydroxylamine groups is 1. The largest absolute Gasteiger partial charge is 0.386 e. The first-order valence-electron chi connectivity index (χ1n) is 6.80. The molecule has 0 fully saturated rings. The van der Waals surface area contributed by atoms with Crippen molar-refractivity contribution in [2.75, 3.05) is 0 Å². The van der Waals surface area contributed by atoms with Gasteiger partial charge < -0.3 is 4.84 Å². The summed E-state index contributed by atoms with van der Waals surface area (Å²) in [5.74, 6) is 0.619. The molecule has 1 unspecified atom stereocenters. The van der Waals surface area contributed by atoms with E-state index in [1.807, 2.05) is 36.4 Å². The van der Waals surface area contributed by atoms with Crippen molar-refractivity contribution < 1.29 is 4.84 Å². The van der Waals surface area contributed by atoms with Crippen molar-refractivity contribution >= 4 is 16.7 Å². The maximum atomic E-state index is 5.59. The molecule has 1 atom stereocenters. The van der Waals surface area contributed by atoms with Gasteiger partial charge in [-0.25, -0.2) is 4.99 Å². The van der Waals surface area contributed by atoms with E-state index in [2.05, 4.69) is 33.7 Å². The maximum absolute atomic E-state index is 5.59. The summed E-state index contributed by atoms with van der Waals surface area (Å²) >= 11 is 0. The molecule has 21 heavy (non-hydrogen) atoms. The Bertz CT molecular complexity index is 809. The van der Waals surface area contributed by atoms with E-state index in [1.165, 1.54) is 5.39 Å². The van der Waals surface area contributed by atoms with Crippen LogP contribution in [0.3, 0.4) is 0 Å². The summed E-state index contributed by atoms with van der Waals surface area (Å²) in [6, 6.07) is 18.2. The van der Waals surface area contributed by atoms with E-state index in [-0.39, 0.29) is 6.17 Å². The third kappa shape index (κ3) is 2.15. The fraction of sp³-hybridized carbons (Fsp3) is 0.0588. The van der Waals surface area contributed by atoms with E-state index in [0.29, 0.717) is 5.90 Å². The number of pyridine rings is 1. The van der Waals surface area contributed by atoms with Crippen LogP contribution in [0.4, 0.5) is 0 Å². The van der Waals surface area contributed by atoms with Crippen molar-refractivity contribution in [1.82, 2.24) is 10.5 Å². The van der Waals surface area contributed by atoms with Gasteiger partial charge in [-0.3, -0.25) is 4.98 Å². The molecule has 2 aromatic carbocycles. The lowest BCUT2D eigenvalue weighted by molar-refractivity contribution is 0.180. The number of nitrogens with zero attached hydrogens (tertiary/aromatic N) is 2. The van der Waals surface area contributed by atoms with E-state index < -0.39 is 0 Å². The number of hydrogen-bond acceptors (Lipinski definition) is 4. The van der Waals surface area contributed by atoms with Crippen LogP contribution in [0.5, 0.6) is 0 Å². The van der Waals surface area contributed by atoms with E-state index in [0.717, 1.165) is 16.5 Å². The fourth-order valence-electron chi connectivity index (χ4n) is 2.51. The Balaban J connectivity index is 1.77. The van der Waals surface area contributed by atoms with E-state index in [4.69, 9.17) is 4.84 Å². The second-order valence-electron chi connectivity index (χ2n) is 4.86. The third-order valence-corrected chi connectivity index (χ3v) is 3.56. The Morgan fingerprint density at radius 1 is 0.905 bits per heavy atom. The highest BCUT2D eigenvalue weighted by Gasteiger charge is 2.22. The number of hydrogen-bond donors (Lipinski definition) is 1. The molecule has 4 heteroatoms. The normalized spacial score (nSPS) is 17.5.